The fourth-order valence-electron chi connectivity index (χ4n) is 2.61. The lowest BCUT2D eigenvalue weighted by Crippen LogP contribution is -2.22. The number of nitrogens with one attached hydrogen (secondary N) is 1. The minimum atomic E-state index is 0.508. The van der Waals surface area contributed by atoms with Crippen molar-refractivity contribution in [3.63, 3.8) is 0 Å². The van der Waals surface area contributed by atoms with Crippen molar-refractivity contribution in [3.8, 4) is 5.75 Å². The van der Waals surface area contributed by atoms with Crippen molar-refractivity contribution in [2.75, 3.05) is 19.8 Å². The van der Waals surface area contributed by atoms with Crippen LogP contribution in [0.15, 0.2) is 12.1 Å². The van der Waals surface area contributed by atoms with E-state index in [1.54, 1.807) is 0 Å². The summed E-state index contributed by atoms with van der Waals surface area (Å²) in [5, 5.41) is 3.46. The van der Waals surface area contributed by atoms with Crippen LogP contribution in [0.1, 0.15) is 37.0 Å². The van der Waals surface area contributed by atoms with Gasteiger partial charge in [0.05, 0.1) is 13.2 Å². The maximum absolute atomic E-state index is 6.03. The summed E-state index contributed by atoms with van der Waals surface area (Å²) in [7, 11) is 0. The maximum Gasteiger partial charge on any atom is 0.125 e. The molecule has 1 N–H and O–H groups in total. The molecule has 1 aromatic rings. The van der Waals surface area contributed by atoms with E-state index in [2.05, 4.69) is 45.1 Å². The Morgan fingerprint density at radius 2 is 2.00 bits per heavy atom. The van der Waals surface area contributed by atoms with Gasteiger partial charge in [-0.2, -0.15) is 0 Å². The smallest absolute Gasteiger partial charge is 0.125 e. The minimum Gasteiger partial charge on any atom is -0.493 e. The second-order valence-electron chi connectivity index (χ2n) is 6.13. The maximum atomic E-state index is 6.03. The summed E-state index contributed by atoms with van der Waals surface area (Å²) in [6, 6.07) is 4.96. The molecule has 1 atom stereocenters. The highest BCUT2D eigenvalue weighted by molar-refractivity contribution is 5.43. The lowest BCUT2D eigenvalue weighted by atomic mass is 10.0. The van der Waals surface area contributed by atoms with Crippen LogP contribution in [0.2, 0.25) is 0 Å². The van der Waals surface area contributed by atoms with E-state index < -0.39 is 0 Å². The van der Waals surface area contributed by atoms with Crippen LogP contribution in [-0.4, -0.2) is 25.9 Å². The average Bonchev–Trinajstić information content (AvgIpc) is 2.88. The van der Waals surface area contributed by atoms with Gasteiger partial charge in [0.25, 0.3) is 0 Å². The van der Waals surface area contributed by atoms with Gasteiger partial charge in [-0.05, 0) is 37.0 Å². The molecule has 0 aromatic heterocycles. The Morgan fingerprint density at radius 3 is 2.55 bits per heavy atom. The molecule has 1 heterocycles. The van der Waals surface area contributed by atoms with E-state index in [-0.39, 0.29) is 0 Å². The number of hydrogen-bond acceptors (Lipinski definition) is 3. The molecule has 0 bridgehead atoms. The van der Waals surface area contributed by atoms with Crippen LogP contribution in [-0.2, 0) is 11.3 Å². The zero-order chi connectivity index (χ0) is 14.5. The van der Waals surface area contributed by atoms with Crippen LogP contribution < -0.4 is 10.1 Å². The summed E-state index contributed by atoms with van der Waals surface area (Å²) in [6.07, 6.45) is 1.12. The largest absolute Gasteiger partial charge is 0.493 e. The molecule has 1 aromatic carbocycles. The Hall–Kier alpha value is -1.06. The number of benzene rings is 1. The number of ether oxygens (including phenoxy) is 2. The second kappa shape index (κ2) is 7.09. The molecular weight excluding hydrogens is 250 g/mol. The lowest BCUT2D eigenvalue weighted by Gasteiger charge is -2.17. The van der Waals surface area contributed by atoms with E-state index >= 15 is 0 Å². The molecule has 0 aliphatic carbocycles. The van der Waals surface area contributed by atoms with Crippen LogP contribution in [0.25, 0.3) is 0 Å². The van der Waals surface area contributed by atoms with Gasteiger partial charge in [-0.25, -0.2) is 0 Å². The molecule has 0 radical (unpaired) electrons. The standard InChI is InChI=1S/C17H27NO2/c1-12(2)18-9-16-7-13(3)17(14(4)8-16)20-11-15-5-6-19-10-15/h7-8,12,15,18H,5-6,9-11H2,1-4H3. The fraction of sp³-hybridized carbons (Fsp3) is 0.647. The zero-order valence-electron chi connectivity index (χ0n) is 13.2. The molecule has 1 fully saturated rings. The summed E-state index contributed by atoms with van der Waals surface area (Å²) in [6.45, 7) is 12.0. The Labute approximate surface area is 122 Å². The first-order chi connectivity index (χ1) is 9.56. The highest BCUT2D eigenvalue weighted by atomic mass is 16.5. The molecule has 1 aliphatic rings. The van der Waals surface area contributed by atoms with Crippen LogP contribution in [0, 0.1) is 19.8 Å². The van der Waals surface area contributed by atoms with Crippen LogP contribution >= 0.6 is 0 Å². The molecule has 3 nitrogen and oxygen atoms in total. The molecule has 112 valence electrons. The first-order valence-electron chi connectivity index (χ1n) is 7.60. The number of aryl methyl sites for hydroxylation is 2. The van der Waals surface area contributed by atoms with E-state index in [1.165, 1.54) is 16.7 Å². The molecular formula is C17H27NO2. The van der Waals surface area contributed by atoms with Gasteiger partial charge >= 0.3 is 0 Å². The summed E-state index contributed by atoms with van der Waals surface area (Å²) >= 11 is 0. The number of rotatable bonds is 6. The summed E-state index contributed by atoms with van der Waals surface area (Å²) < 4.78 is 11.4. The Morgan fingerprint density at radius 1 is 1.30 bits per heavy atom. The van der Waals surface area contributed by atoms with Crippen molar-refractivity contribution >= 4 is 0 Å². The third-order valence-electron chi connectivity index (χ3n) is 3.72. The predicted molar refractivity (Wildman–Crippen MR) is 82.3 cm³/mol. The van der Waals surface area contributed by atoms with Gasteiger partial charge in [-0.15, -0.1) is 0 Å². The van der Waals surface area contributed by atoms with Crippen molar-refractivity contribution in [3.05, 3.63) is 28.8 Å². The third-order valence-corrected chi connectivity index (χ3v) is 3.72. The monoisotopic (exact) mass is 277 g/mol. The Kier molecular flexibility index (Phi) is 5.44. The first kappa shape index (κ1) is 15.3. The van der Waals surface area contributed by atoms with Gasteiger partial charge in [0.1, 0.15) is 5.75 Å². The summed E-state index contributed by atoms with van der Waals surface area (Å²) in [5.74, 6) is 1.60. The topological polar surface area (TPSA) is 30.5 Å². The molecule has 20 heavy (non-hydrogen) atoms. The fourth-order valence-corrected chi connectivity index (χ4v) is 2.61. The average molecular weight is 277 g/mol. The van der Waals surface area contributed by atoms with Gasteiger partial charge in [0.15, 0.2) is 0 Å². The van der Waals surface area contributed by atoms with Crippen molar-refractivity contribution < 1.29 is 9.47 Å². The highest BCUT2D eigenvalue weighted by Gasteiger charge is 2.17. The van der Waals surface area contributed by atoms with Gasteiger partial charge in [0.2, 0.25) is 0 Å². The molecule has 1 unspecified atom stereocenters. The van der Waals surface area contributed by atoms with E-state index in [1.807, 2.05) is 0 Å². The van der Waals surface area contributed by atoms with Crippen LogP contribution in [0.5, 0.6) is 5.75 Å². The van der Waals surface area contributed by atoms with E-state index in [4.69, 9.17) is 9.47 Å². The molecule has 0 spiro atoms. The Bertz CT molecular complexity index is 414. The molecule has 0 saturated carbocycles. The molecule has 2 rings (SSSR count). The zero-order valence-corrected chi connectivity index (χ0v) is 13.2. The third kappa shape index (κ3) is 4.22. The quantitative estimate of drug-likeness (QED) is 0.866. The van der Waals surface area contributed by atoms with Gasteiger partial charge in [-0.1, -0.05) is 26.0 Å². The van der Waals surface area contributed by atoms with E-state index in [0.29, 0.717) is 12.0 Å². The number of hydrogen-bond donors (Lipinski definition) is 1. The van der Waals surface area contributed by atoms with Crippen molar-refractivity contribution in [2.45, 2.75) is 46.7 Å². The van der Waals surface area contributed by atoms with Crippen molar-refractivity contribution in [1.29, 1.82) is 0 Å². The minimum absolute atomic E-state index is 0.508. The van der Waals surface area contributed by atoms with E-state index in [0.717, 1.165) is 38.5 Å². The second-order valence-corrected chi connectivity index (χ2v) is 6.13. The normalized spacial score (nSPS) is 18.8. The molecule has 1 saturated heterocycles. The van der Waals surface area contributed by atoms with Crippen LogP contribution in [0.3, 0.4) is 0 Å². The summed E-state index contributed by atoms with van der Waals surface area (Å²) in [4.78, 5) is 0. The van der Waals surface area contributed by atoms with Crippen molar-refractivity contribution in [1.82, 2.24) is 5.32 Å². The molecule has 3 heteroatoms. The highest BCUT2D eigenvalue weighted by Crippen LogP contribution is 2.26. The van der Waals surface area contributed by atoms with Gasteiger partial charge in [-0.3, -0.25) is 0 Å². The van der Waals surface area contributed by atoms with Gasteiger partial charge < -0.3 is 14.8 Å². The predicted octanol–water partition coefficient (Wildman–Crippen LogP) is 3.22. The van der Waals surface area contributed by atoms with Gasteiger partial charge in [0, 0.05) is 25.1 Å². The van der Waals surface area contributed by atoms with E-state index in [9.17, 15) is 0 Å². The first-order valence-corrected chi connectivity index (χ1v) is 7.60. The summed E-state index contributed by atoms with van der Waals surface area (Å²) in [5.41, 5.74) is 3.78. The lowest BCUT2D eigenvalue weighted by molar-refractivity contribution is 0.166. The Balaban J connectivity index is 1.98. The SMILES string of the molecule is Cc1cc(CNC(C)C)cc(C)c1OCC1CCOC1. The van der Waals surface area contributed by atoms with Crippen LogP contribution in [0.4, 0.5) is 0 Å². The molecule has 1 aliphatic heterocycles. The molecule has 0 amide bonds. The van der Waals surface area contributed by atoms with Crippen molar-refractivity contribution in [2.24, 2.45) is 5.92 Å².